The van der Waals surface area contributed by atoms with Crippen LogP contribution in [0.25, 0.3) is 10.9 Å². The van der Waals surface area contributed by atoms with Gasteiger partial charge in [-0.1, -0.05) is 47.5 Å². The third kappa shape index (κ3) is 4.40. The van der Waals surface area contributed by atoms with Crippen LogP contribution >= 0.6 is 27.7 Å². The van der Waals surface area contributed by atoms with Gasteiger partial charge in [-0.15, -0.1) is 0 Å². The van der Waals surface area contributed by atoms with Gasteiger partial charge in [-0.25, -0.2) is 9.78 Å². The van der Waals surface area contributed by atoms with E-state index < -0.39 is 0 Å². The first-order valence-corrected chi connectivity index (χ1v) is 10.6. The standard InChI is InChI=1S/C18H22BrN3O3S/c1-2-3-4-7-22-16(23)14-12-13(19)5-6-15(14)20-17(22)26-11-9-21-8-10-25-18(21)24/h5-6,12H,2-4,7-11H2,1H3. The summed E-state index contributed by atoms with van der Waals surface area (Å²) >= 11 is 4.95. The molecule has 1 aliphatic rings. The highest BCUT2D eigenvalue weighted by Crippen LogP contribution is 2.21. The van der Waals surface area contributed by atoms with Crippen molar-refractivity contribution in [3.8, 4) is 0 Å². The fraction of sp³-hybridized carbons (Fsp3) is 0.500. The molecule has 1 aromatic heterocycles. The number of fused-ring (bicyclic) bond motifs is 1. The van der Waals surface area contributed by atoms with Crippen LogP contribution in [-0.2, 0) is 11.3 Å². The molecule has 6 nitrogen and oxygen atoms in total. The van der Waals surface area contributed by atoms with Gasteiger partial charge in [0.1, 0.15) is 6.61 Å². The molecule has 0 aliphatic carbocycles. The summed E-state index contributed by atoms with van der Waals surface area (Å²) in [7, 11) is 0. The number of hydrogen-bond donors (Lipinski definition) is 0. The number of unbranched alkanes of at least 4 members (excludes halogenated alkanes) is 2. The monoisotopic (exact) mass is 439 g/mol. The minimum Gasteiger partial charge on any atom is -0.448 e. The quantitative estimate of drug-likeness (QED) is 0.354. The van der Waals surface area contributed by atoms with Gasteiger partial charge in [-0.2, -0.15) is 0 Å². The minimum absolute atomic E-state index is 0.00418. The van der Waals surface area contributed by atoms with E-state index in [2.05, 4.69) is 22.9 Å². The lowest BCUT2D eigenvalue weighted by Crippen LogP contribution is -2.27. The Morgan fingerprint density at radius 2 is 2.12 bits per heavy atom. The van der Waals surface area contributed by atoms with E-state index in [1.54, 1.807) is 9.47 Å². The summed E-state index contributed by atoms with van der Waals surface area (Å²) in [6, 6.07) is 5.58. The lowest BCUT2D eigenvalue weighted by molar-refractivity contribution is 0.160. The predicted molar refractivity (Wildman–Crippen MR) is 107 cm³/mol. The van der Waals surface area contributed by atoms with Crippen LogP contribution in [0.2, 0.25) is 0 Å². The van der Waals surface area contributed by atoms with Gasteiger partial charge in [0.15, 0.2) is 5.16 Å². The number of carbonyl (C=O) groups excluding carboxylic acids is 1. The maximum absolute atomic E-state index is 13.0. The molecule has 0 saturated carbocycles. The topological polar surface area (TPSA) is 64.4 Å². The Morgan fingerprint density at radius 1 is 1.27 bits per heavy atom. The molecule has 1 aliphatic heterocycles. The van der Waals surface area contributed by atoms with Crippen molar-refractivity contribution in [2.45, 2.75) is 37.9 Å². The van der Waals surface area contributed by atoms with E-state index in [-0.39, 0.29) is 11.7 Å². The van der Waals surface area contributed by atoms with E-state index >= 15 is 0 Å². The molecule has 140 valence electrons. The van der Waals surface area contributed by atoms with Crippen molar-refractivity contribution in [2.24, 2.45) is 0 Å². The molecule has 0 radical (unpaired) electrons. The Hall–Kier alpha value is -1.54. The average Bonchev–Trinajstić information content (AvgIpc) is 3.03. The Balaban J connectivity index is 1.83. The SMILES string of the molecule is CCCCCn1c(SCCN2CCOC2=O)nc2ccc(Br)cc2c1=O. The highest BCUT2D eigenvalue weighted by molar-refractivity contribution is 9.10. The lowest BCUT2D eigenvalue weighted by atomic mass is 10.2. The normalized spacial score (nSPS) is 14.2. The number of benzene rings is 1. The Labute approximate surface area is 165 Å². The number of aromatic nitrogens is 2. The number of amides is 1. The molecule has 0 spiro atoms. The van der Waals surface area contributed by atoms with Crippen LogP contribution in [0.15, 0.2) is 32.6 Å². The molecule has 8 heteroatoms. The van der Waals surface area contributed by atoms with E-state index in [1.165, 1.54) is 11.8 Å². The molecule has 2 heterocycles. The van der Waals surface area contributed by atoms with Crippen LogP contribution in [0, 0.1) is 0 Å². The molecule has 1 saturated heterocycles. The number of carbonyl (C=O) groups is 1. The van der Waals surface area contributed by atoms with Gasteiger partial charge in [-0.3, -0.25) is 9.36 Å². The van der Waals surface area contributed by atoms with Gasteiger partial charge in [-0.05, 0) is 24.6 Å². The zero-order valence-electron chi connectivity index (χ0n) is 14.7. The van der Waals surface area contributed by atoms with E-state index in [1.807, 2.05) is 18.2 Å². The molecular formula is C18H22BrN3O3S. The summed E-state index contributed by atoms with van der Waals surface area (Å²) in [4.78, 5) is 30.9. The summed E-state index contributed by atoms with van der Waals surface area (Å²) in [5.74, 6) is 0.678. The number of thioether (sulfide) groups is 1. The summed E-state index contributed by atoms with van der Waals surface area (Å²) in [6.45, 7) is 4.47. The van der Waals surface area contributed by atoms with Crippen LogP contribution < -0.4 is 5.56 Å². The summed E-state index contributed by atoms with van der Waals surface area (Å²) in [5.41, 5.74) is 0.698. The van der Waals surface area contributed by atoms with Crippen molar-refractivity contribution < 1.29 is 9.53 Å². The molecule has 3 rings (SSSR count). The molecule has 1 aromatic carbocycles. The number of halogens is 1. The fourth-order valence-electron chi connectivity index (χ4n) is 2.88. The zero-order valence-corrected chi connectivity index (χ0v) is 17.1. The fourth-order valence-corrected chi connectivity index (χ4v) is 4.22. The Morgan fingerprint density at radius 3 is 2.85 bits per heavy atom. The summed E-state index contributed by atoms with van der Waals surface area (Å²) < 4.78 is 7.60. The smallest absolute Gasteiger partial charge is 0.409 e. The van der Waals surface area contributed by atoms with Gasteiger partial charge in [0, 0.05) is 23.3 Å². The van der Waals surface area contributed by atoms with Crippen LogP contribution in [0.1, 0.15) is 26.2 Å². The van der Waals surface area contributed by atoms with E-state index in [0.717, 1.165) is 23.7 Å². The number of hydrogen-bond acceptors (Lipinski definition) is 5. The van der Waals surface area contributed by atoms with Crippen molar-refractivity contribution in [2.75, 3.05) is 25.4 Å². The van der Waals surface area contributed by atoms with Gasteiger partial charge < -0.3 is 9.64 Å². The van der Waals surface area contributed by atoms with E-state index in [9.17, 15) is 9.59 Å². The number of cyclic esters (lactones) is 1. The maximum Gasteiger partial charge on any atom is 0.409 e. The first-order chi connectivity index (χ1) is 12.6. The highest BCUT2D eigenvalue weighted by atomic mass is 79.9. The van der Waals surface area contributed by atoms with E-state index in [4.69, 9.17) is 9.72 Å². The highest BCUT2D eigenvalue weighted by Gasteiger charge is 2.21. The first kappa shape index (κ1) is 19.2. The van der Waals surface area contributed by atoms with Gasteiger partial charge in [0.25, 0.3) is 5.56 Å². The molecule has 0 unspecified atom stereocenters. The predicted octanol–water partition coefficient (Wildman–Crippen LogP) is 3.89. The van der Waals surface area contributed by atoms with Crippen molar-refractivity contribution in [1.82, 2.24) is 14.5 Å². The van der Waals surface area contributed by atoms with Crippen molar-refractivity contribution in [3.63, 3.8) is 0 Å². The first-order valence-electron chi connectivity index (χ1n) is 8.84. The van der Waals surface area contributed by atoms with Crippen molar-refractivity contribution >= 4 is 44.7 Å². The molecule has 26 heavy (non-hydrogen) atoms. The lowest BCUT2D eigenvalue weighted by Gasteiger charge is -2.15. The second-order valence-electron chi connectivity index (χ2n) is 6.17. The molecule has 0 bridgehead atoms. The number of rotatable bonds is 8. The maximum atomic E-state index is 13.0. The third-order valence-electron chi connectivity index (χ3n) is 4.30. The second-order valence-corrected chi connectivity index (χ2v) is 8.15. The zero-order chi connectivity index (χ0) is 18.5. The third-order valence-corrected chi connectivity index (χ3v) is 5.75. The molecule has 2 aromatic rings. The largest absolute Gasteiger partial charge is 0.448 e. The van der Waals surface area contributed by atoms with Crippen molar-refractivity contribution in [3.05, 3.63) is 33.0 Å². The van der Waals surface area contributed by atoms with Crippen LogP contribution in [0.4, 0.5) is 4.79 Å². The minimum atomic E-state index is -0.262. The van der Waals surface area contributed by atoms with Gasteiger partial charge in [0.05, 0.1) is 17.4 Å². The van der Waals surface area contributed by atoms with Crippen LogP contribution in [0.5, 0.6) is 0 Å². The number of ether oxygens (including phenoxy) is 1. The molecule has 0 atom stereocenters. The number of nitrogens with zero attached hydrogens (tertiary/aromatic N) is 3. The van der Waals surface area contributed by atoms with Gasteiger partial charge >= 0.3 is 6.09 Å². The second kappa shape index (κ2) is 8.90. The molecular weight excluding hydrogens is 418 g/mol. The molecule has 1 fully saturated rings. The Bertz CT molecular complexity index is 855. The summed E-state index contributed by atoms with van der Waals surface area (Å²) in [5, 5.41) is 1.34. The molecule has 1 amide bonds. The summed E-state index contributed by atoms with van der Waals surface area (Å²) in [6.07, 6.45) is 2.86. The van der Waals surface area contributed by atoms with E-state index in [0.29, 0.717) is 48.1 Å². The Kier molecular flexibility index (Phi) is 6.58. The van der Waals surface area contributed by atoms with Crippen molar-refractivity contribution in [1.29, 1.82) is 0 Å². The average molecular weight is 440 g/mol. The van der Waals surface area contributed by atoms with Gasteiger partial charge in [0.2, 0.25) is 0 Å². The molecule has 0 N–H and O–H groups in total. The van der Waals surface area contributed by atoms with Crippen LogP contribution in [-0.4, -0.2) is 46.0 Å². The van der Waals surface area contributed by atoms with Crippen LogP contribution in [0.3, 0.4) is 0 Å².